The summed E-state index contributed by atoms with van der Waals surface area (Å²) in [5.41, 5.74) is 5.95. The Hall–Kier alpha value is -2.47. The van der Waals surface area contributed by atoms with Crippen molar-refractivity contribution in [3.8, 4) is 11.6 Å². The number of hydrogen-bond acceptors (Lipinski definition) is 5. The van der Waals surface area contributed by atoms with Crippen LogP contribution in [0.25, 0.3) is 0 Å². The maximum atomic E-state index is 11.3. The number of hydrogen-bond donors (Lipinski definition) is 2. The van der Waals surface area contributed by atoms with Crippen LogP contribution in [0.15, 0.2) is 42.9 Å². The van der Waals surface area contributed by atoms with Gasteiger partial charge in [0.25, 0.3) is 0 Å². The van der Waals surface area contributed by atoms with Crippen LogP contribution in [-0.4, -0.2) is 21.4 Å². The molecule has 3 rings (SSSR count). The minimum atomic E-state index is -0.491. The summed E-state index contributed by atoms with van der Waals surface area (Å²) in [5, 5.41) is 3.22. The van der Waals surface area contributed by atoms with Crippen LogP contribution in [0.3, 0.4) is 0 Å². The topological polar surface area (TPSA) is 90.1 Å². The van der Waals surface area contributed by atoms with Crippen LogP contribution in [0.1, 0.15) is 18.4 Å². The van der Waals surface area contributed by atoms with Crippen LogP contribution < -0.4 is 15.8 Å². The summed E-state index contributed by atoms with van der Waals surface area (Å²) in [6.07, 6.45) is 6.35. The van der Waals surface area contributed by atoms with Crippen LogP contribution >= 0.6 is 0 Å². The first-order chi connectivity index (χ1) is 10.2. The van der Waals surface area contributed by atoms with Gasteiger partial charge in [0.1, 0.15) is 5.75 Å². The second-order valence-corrected chi connectivity index (χ2v) is 5.09. The number of carbonyl (C=O) groups is 1. The SMILES string of the molecule is NC(=O)C1(NCc2ccc(Oc3cnccn3)cc2)CC1. The van der Waals surface area contributed by atoms with Gasteiger partial charge in [0.2, 0.25) is 11.8 Å². The Morgan fingerprint density at radius 3 is 2.62 bits per heavy atom. The molecule has 0 bridgehead atoms. The van der Waals surface area contributed by atoms with Gasteiger partial charge in [0.05, 0.1) is 11.7 Å². The van der Waals surface area contributed by atoms with Crippen molar-refractivity contribution in [3.05, 3.63) is 48.4 Å². The maximum Gasteiger partial charge on any atom is 0.237 e. The van der Waals surface area contributed by atoms with E-state index in [-0.39, 0.29) is 5.91 Å². The van der Waals surface area contributed by atoms with Crippen LogP contribution in [-0.2, 0) is 11.3 Å². The van der Waals surface area contributed by atoms with E-state index in [1.165, 1.54) is 0 Å². The van der Waals surface area contributed by atoms with Gasteiger partial charge in [-0.05, 0) is 30.5 Å². The summed E-state index contributed by atoms with van der Waals surface area (Å²) in [6.45, 7) is 0.606. The van der Waals surface area contributed by atoms with Crippen molar-refractivity contribution >= 4 is 5.91 Å². The zero-order chi connectivity index (χ0) is 14.7. The monoisotopic (exact) mass is 284 g/mol. The molecule has 6 heteroatoms. The molecule has 0 aliphatic heterocycles. The molecule has 1 aromatic carbocycles. The van der Waals surface area contributed by atoms with Gasteiger partial charge in [-0.3, -0.25) is 15.1 Å². The summed E-state index contributed by atoms with van der Waals surface area (Å²) in [4.78, 5) is 19.3. The van der Waals surface area contributed by atoms with Gasteiger partial charge >= 0.3 is 0 Å². The molecule has 1 saturated carbocycles. The van der Waals surface area contributed by atoms with Crippen molar-refractivity contribution in [1.82, 2.24) is 15.3 Å². The highest BCUT2D eigenvalue weighted by atomic mass is 16.5. The van der Waals surface area contributed by atoms with Gasteiger partial charge in [0.15, 0.2) is 0 Å². The number of nitrogens with two attached hydrogens (primary N) is 1. The van der Waals surface area contributed by atoms with Crippen LogP contribution in [0.2, 0.25) is 0 Å². The molecule has 0 radical (unpaired) electrons. The number of amides is 1. The molecule has 0 spiro atoms. The van der Waals surface area contributed by atoms with Gasteiger partial charge in [-0.15, -0.1) is 0 Å². The summed E-state index contributed by atoms with van der Waals surface area (Å²) in [5.74, 6) is 0.870. The number of nitrogens with one attached hydrogen (secondary N) is 1. The second-order valence-electron chi connectivity index (χ2n) is 5.09. The molecule has 1 fully saturated rings. The molecule has 6 nitrogen and oxygen atoms in total. The predicted molar refractivity (Wildman–Crippen MR) is 76.5 cm³/mol. The highest BCUT2D eigenvalue weighted by Gasteiger charge is 2.47. The van der Waals surface area contributed by atoms with Gasteiger partial charge in [-0.2, -0.15) is 0 Å². The standard InChI is InChI=1S/C15H16N4O2/c16-14(20)15(5-6-15)19-9-11-1-3-12(4-2-11)21-13-10-17-7-8-18-13/h1-4,7-8,10,19H,5-6,9H2,(H2,16,20). The molecule has 1 aliphatic rings. The molecule has 2 aromatic rings. The molecule has 108 valence electrons. The van der Waals surface area contributed by atoms with Gasteiger partial charge in [-0.25, -0.2) is 4.98 Å². The van der Waals surface area contributed by atoms with E-state index in [0.29, 0.717) is 18.2 Å². The molecule has 1 heterocycles. The molecule has 1 amide bonds. The van der Waals surface area contributed by atoms with Crippen LogP contribution in [0.4, 0.5) is 0 Å². The number of nitrogens with zero attached hydrogens (tertiary/aromatic N) is 2. The first-order valence-corrected chi connectivity index (χ1v) is 6.76. The van der Waals surface area contributed by atoms with Crippen molar-refractivity contribution < 1.29 is 9.53 Å². The first kappa shape index (κ1) is 13.5. The van der Waals surface area contributed by atoms with E-state index in [9.17, 15) is 4.79 Å². The average molecular weight is 284 g/mol. The van der Waals surface area contributed by atoms with Crippen molar-refractivity contribution in [2.24, 2.45) is 5.73 Å². The molecule has 0 atom stereocenters. The van der Waals surface area contributed by atoms with Crippen molar-refractivity contribution in [3.63, 3.8) is 0 Å². The van der Waals surface area contributed by atoms with E-state index in [4.69, 9.17) is 10.5 Å². The highest BCUT2D eigenvalue weighted by Crippen LogP contribution is 2.35. The van der Waals surface area contributed by atoms with Crippen molar-refractivity contribution in [2.75, 3.05) is 0 Å². The third-order valence-electron chi connectivity index (χ3n) is 3.54. The molecular formula is C15H16N4O2. The minimum absolute atomic E-state index is 0.273. The lowest BCUT2D eigenvalue weighted by atomic mass is 10.2. The zero-order valence-corrected chi connectivity index (χ0v) is 11.5. The molecule has 1 aromatic heterocycles. The largest absolute Gasteiger partial charge is 0.438 e. The molecule has 0 unspecified atom stereocenters. The number of rotatable bonds is 6. The Bertz CT molecular complexity index is 624. The molecule has 21 heavy (non-hydrogen) atoms. The number of primary amides is 1. The normalized spacial score (nSPS) is 15.4. The lowest BCUT2D eigenvalue weighted by Crippen LogP contribution is -2.43. The summed E-state index contributed by atoms with van der Waals surface area (Å²) < 4.78 is 5.56. The lowest BCUT2D eigenvalue weighted by Gasteiger charge is -2.13. The third kappa shape index (κ3) is 3.17. The number of aromatic nitrogens is 2. The maximum absolute atomic E-state index is 11.3. The second kappa shape index (κ2) is 5.49. The fraction of sp³-hybridized carbons (Fsp3) is 0.267. The van der Waals surface area contributed by atoms with E-state index in [1.807, 2.05) is 24.3 Å². The van der Waals surface area contributed by atoms with Crippen LogP contribution in [0, 0.1) is 0 Å². The van der Waals surface area contributed by atoms with Gasteiger partial charge in [0, 0.05) is 18.9 Å². The smallest absolute Gasteiger partial charge is 0.237 e. The molecular weight excluding hydrogens is 268 g/mol. The Kier molecular flexibility index (Phi) is 3.53. The first-order valence-electron chi connectivity index (χ1n) is 6.76. The van der Waals surface area contributed by atoms with E-state index in [1.54, 1.807) is 18.6 Å². The minimum Gasteiger partial charge on any atom is -0.438 e. The molecule has 3 N–H and O–H groups in total. The zero-order valence-electron chi connectivity index (χ0n) is 11.5. The number of ether oxygens (including phenoxy) is 1. The Labute approximate surface area is 122 Å². The van der Waals surface area contributed by atoms with Gasteiger partial charge < -0.3 is 10.5 Å². The fourth-order valence-electron chi connectivity index (χ4n) is 2.04. The predicted octanol–water partition coefficient (Wildman–Crippen LogP) is 1.38. The summed E-state index contributed by atoms with van der Waals surface area (Å²) >= 11 is 0. The number of carbonyl (C=O) groups excluding carboxylic acids is 1. The number of benzene rings is 1. The van der Waals surface area contributed by atoms with Crippen molar-refractivity contribution in [1.29, 1.82) is 0 Å². The summed E-state index contributed by atoms with van der Waals surface area (Å²) in [7, 11) is 0. The van der Waals surface area contributed by atoms with E-state index < -0.39 is 5.54 Å². The van der Waals surface area contributed by atoms with E-state index in [0.717, 1.165) is 18.4 Å². The van der Waals surface area contributed by atoms with Crippen molar-refractivity contribution in [2.45, 2.75) is 24.9 Å². The Morgan fingerprint density at radius 2 is 2.05 bits per heavy atom. The summed E-state index contributed by atoms with van der Waals surface area (Å²) in [6, 6.07) is 7.59. The Morgan fingerprint density at radius 1 is 1.29 bits per heavy atom. The van der Waals surface area contributed by atoms with Crippen LogP contribution in [0.5, 0.6) is 11.6 Å². The van der Waals surface area contributed by atoms with E-state index in [2.05, 4.69) is 15.3 Å². The highest BCUT2D eigenvalue weighted by molar-refractivity contribution is 5.87. The average Bonchev–Trinajstić information content (AvgIpc) is 3.29. The van der Waals surface area contributed by atoms with Gasteiger partial charge in [-0.1, -0.05) is 12.1 Å². The molecule has 1 aliphatic carbocycles. The lowest BCUT2D eigenvalue weighted by molar-refractivity contribution is -0.121. The Balaban J connectivity index is 1.58. The van der Waals surface area contributed by atoms with E-state index >= 15 is 0 Å². The fourth-order valence-corrected chi connectivity index (χ4v) is 2.04. The third-order valence-corrected chi connectivity index (χ3v) is 3.54. The quantitative estimate of drug-likeness (QED) is 0.836. The molecule has 0 saturated heterocycles.